The third-order valence-corrected chi connectivity index (χ3v) is 3.54. The van der Waals surface area contributed by atoms with Crippen LogP contribution in [0.5, 0.6) is 0 Å². The van der Waals surface area contributed by atoms with Crippen molar-refractivity contribution in [1.82, 2.24) is 19.6 Å². The van der Waals surface area contributed by atoms with Crippen molar-refractivity contribution in [1.29, 1.82) is 0 Å². The minimum atomic E-state index is 0.575. The summed E-state index contributed by atoms with van der Waals surface area (Å²) in [6.07, 6.45) is 3.95. The van der Waals surface area contributed by atoms with Crippen molar-refractivity contribution in [3.63, 3.8) is 0 Å². The normalized spacial score (nSPS) is 20.6. The van der Waals surface area contributed by atoms with Crippen molar-refractivity contribution in [3.8, 4) is 0 Å². The zero-order valence-electron chi connectivity index (χ0n) is 10.6. The molecule has 1 aliphatic heterocycles. The van der Waals surface area contributed by atoms with E-state index in [1.165, 1.54) is 12.8 Å². The molecule has 2 aromatic rings. The molecule has 0 aromatic carbocycles. The van der Waals surface area contributed by atoms with Gasteiger partial charge >= 0.3 is 0 Å². The summed E-state index contributed by atoms with van der Waals surface area (Å²) in [6.45, 7) is 4.79. The molecule has 6 heteroatoms. The van der Waals surface area contributed by atoms with Crippen LogP contribution >= 0.6 is 0 Å². The molecule has 1 fully saturated rings. The van der Waals surface area contributed by atoms with Crippen molar-refractivity contribution < 1.29 is 0 Å². The van der Waals surface area contributed by atoms with Crippen LogP contribution < -0.4 is 10.6 Å². The van der Waals surface area contributed by atoms with Gasteiger partial charge in [0.15, 0.2) is 0 Å². The third-order valence-electron chi connectivity index (χ3n) is 3.54. The molecule has 6 nitrogen and oxygen atoms in total. The van der Waals surface area contributed by atoms with E-state index in [1.54, 1.807) is 6.33 Å². The van der Waals surface area contributed by atoms with Gasteiger partial charge in [0.2, 0.25) is 0 Å². The Morgan fingerprint density at radius 1 is 1.50 bits per heavy atom. The highest BCUT2D eigenvalue weighted by Gasteiger charge is 2.21. The number of piperidine rings is 1. The minimum absolute atomic E-state index is 0.575. The van der Waals surface area contributed by atoms with Gasteiger partial charge in [0, 0.05) is 24.8 Å². The number of fused-ring (bicyclic) bond motifs is 1. The predicted octanol–water partition coefficient (Wildman–Crippen LogP) is 0.608. The monoisotopic (exact) mass is 246 g/mol. The summed E-state index contributed by atoms with van der Waals surface area (Å²) in [5.41, 5.74) is 6.76. The molecule has 1 atom stereocenters. The molecule has 0 radical (unpaired) electrons. The molecule has 1 saturated heterocycles. The van der Waals surface area contributed by atoms with E-state index in [9.17, 15) is 0 Å². The molecule has 0 saturated carbocycles. The fourth-order valence-corrected chi connectivity index (χ4v) is 2.60. The maximum atomic E-state index is 5.79. The van der Waals surface area contributed by atoms with E-state index < -0.39 is 0 Å². The van der Waals surface area contributed by atoms with Crippen molar-refractivity contribution in [2.45, 2.75) is 19.8 Å². The molecule has 0 unspecified atom stereocenters. The summed E-state index contributed by atoms with van der Waals surface area (Å²) in [5, 5.41) is 4.26. The van der Waals surface area contributed by atoms with Crippen LogP contribution in [0.1, 0.15) is 18.5 Å². The third kappa shape index (κ3) is 1.92. The molecular weight excluding hydrogens is 228 g/mol. The number of nitrogens with zero attached hydrogens (tertiary/aromatic N) is 5. The van der Waals surface area contributed by atoms with Crippen LogP contribution in [0.3, 0.4) is 0 Å². The van der Waals surface area contributed by atoms with Crippen LogP contribution in [0.2, 0.25) is 0 Å². The Hall–Kier alpha value is -1.69. The molecule has 2 N–H and O–H groups in total. The first-order chi connectivity index (χ1) is 8.78. The molecule has 96 valence electrons. The number of hydrogen-bond acceptors (Lipinski definition) is 5. The number of aromatic nitrogens is 4. The molecular formula is C12H18N6. The first-order valence-electron chi connectivity index (χ1n) is 6.40. The second-order valence-electron chi connectivity index (χ2n) is 4.92. The van der Waals surface area contributed by atoms with Crippen molar-refractivity contribution in [2.24, 2.45) is 11.7 Å². The second-order valence-corrected chi connectivity index (χ2v) is 4.92. The van der Waals surface area contributed by atoms with Crippen LogP contribution in [-0.2, 0) is 0 Å². The highest BCUT2D eigenvalue weighted by molar-refractivity contribution is 5.47. The van der Waals surface area contributed by atoms with Gasteiger partial charge in [0.05, 0.1) is 0 Å². The Morgan fingerprint density at radius 2 is 2.39 bits per heavy atom. The molecule has 3 heterocycles. The van der Waals surface area contributed by atoms with Crippen molar-refractivity contribution in [3.05, 3.63) is 18.1 Å². The van der Waals surface area contributed by atoms with Crippen molar-refractivity contribution in [2.75, 3.05) is 24.5 Å². The lowest BCUT2D eigenvalue weighted by Gasteiger charge is -2.33. The van der Waals surface area contributed by atoms with E-state index >= 15 is 0 Å². The van der Waals surface area contributed by atoms with Gasteiger partial charge < -0.3 is 10.6 Å². The van der Waals surface area contributed by atoms with Gasteiger partial charge in [-0.3, -0.25) is 0 Å². The van der Waals surface area contributed by atoms with Crippen LogP contribution in [-0.4, -0.2) is 39.2 Å². The van der Waals surface area contributed by atoms with Crippen LogP contribution in [0.15, 0.2) is 12.4 Å². The van der Waals surface area contributed by atoms with Gasteiger partial charge in [-0.15, -0.1) is 0 Å². The fraction of sp³-hybridized carbons (Fsp3) is 0.583. The summed E-state index contributed by atoms with van der Waals surface area (Å²) < 4.78 is 1.81. The van der Waals surface area contributed by atoms with E-state index in [0.29, 0.717) is 11.7 Å². The van der Waals surface area contributed by atoms with E-state index in [-0.39, 0.29) is 0 Å². The van der Waals surface area contributed by atoms with E-state index in [4.69, 9.17) is 5.73 Å². The van der Waals surface area contributed by atoms with Gasteiger partial charge in [-0.1, -0.05) is 0 Å². The molecule has 2 aromatic heterocycles. The van der Waals surface area contributed by atoms with Gasteiger partial charge in [-0.2, -0.15) is 14.6 Å². The average molecular weight is 246 g/mol. The largest absolute Gasteiger partial charge is 0.356 e. The quantitative estimate of drug-likeness (QED) is 0.840. The lowest BCUT2D eigenvalue weighted by Crippen LogP contribution is -2.39. The first kappa shape index (κ1) is 11.4. The summed E-state index contributed by atoms with van der Waals surface area (Å²) in [7, 11) is 0. The lowest BCUT2D eigenvalue weighted by atomic mass is 9.98. The summed E-state index contributed by atoms with van der Waals surface area (Å²) in [5.74, 6) is 2.32. The topological polar surface area (TPSA) is 72.3 Å². The van der Waals surface area contributed by atoms with Crippen molar-refractivity contribution >= 4 is 11.6 Å². The molecule has 0 spiro atoms. The maximum Gasteiger partial charge on any atom is 0.254 e. The van der Waals surface area contributed by atoms with Gasteiger partial charge in [-0.05, 0) is 32.2 Å². The maximum absolute atomic E-state index is 5.79. The number of nitrogens with two attached hydrogens (primary N) is 1. The standard InChI is InChI=1S/C12H18N6/c1-9-5-11(18-12(16-9)14-8-15-18)17-4-2-3-10(6-13)7-17/h5,8,10H,2-4,6-7,13H2,1H3/t10-/m0/s1. The zero-order chi connectivity index (χ0) is 12.5. The molecule has 1 aliphatic rings. The Kier molecular flexibility index (Phi) is 2.87. The first-order valence-corrected chi connectivity index (χ1v) is 6.40. The zero-order valence-corrected chi connectivity index (χ0v) is 10.6. The van der Waals surface area contributed by atoms with Gasteiger partial charge in [-0.25, -0.2) is 4.98 Å². The van der Waals surface area contributed by atoms with Gasteiger partial charge in [0.25, 0.3) is 5.78 Å². The molecule has 18 heavy (non-hydrogen) atoms. The Balaban J connectivity index is 2.00. The van der Waals surface area contributed by atoms with Crippen LogP contribution in [0.4, 0.5) is 5.82 Å². The second kappa shape index (κ2) is 4.53. The molecule has 0 aliphatic carbocycles. The number of hydrogen-bond donors (Lipinski definition) is 1. The summed E-state index contributed by atoms with van der Waals surface area (Å²) in [6, 6.07) is 2.07. The summed E-state index contributed by atoms with van der Waals surface area (Å²) in [4.78, 5) is 10.9. The lowest BCUT2D eigenvalue weighted by molar-refractivity contribution is 0.420. The molecule has 3 rings (SSSR count). The average Bonchev–Trinajstić information content (AvgIpc) is 2.85. The van der Waals surface area contributed by atoms with E-state index in [2.05, 4.69) is 26.0 Å². The SMILES string of the molecule is Cc1cc(N2CCC[C@@H](CN)C2)n2ncnc2n1. The van der Waals surface area contributed by atoms with Crippen LogP contribution in [0.25, 0.3) is 5.78 Å². The number of rotatable bonds is 2. The minimum Gasteiger partial charge on any atom is -0.356 e. The van der Waals surface area contributed by atoms with E-state index in [0.717, 1.165) is 31.1 Å². The Bertz CT molecular complexity index is 548. The fourth-order valence-electron chi connectivity index (χ4n) is 2.60. The smallest absolute Gasteiger partial charge is 0.254 e. The Morgan fingerprint density at radius 3 is 3.22 bits per heavy atom. The molecule has 0 amide bonds. The number of anilines is 1. The van der Waals surface area contributed by atoms with Crippen LogP contribution in [0, 0.1) is 12.8 Å². The summed E-state index contributed by atoms with van der Waals surface area (Å²) >= 11 is 0. The van der Waals surface area contributed by atoms with E-state index in [1.807, 2.05) is 11.4 Å². The Labute approximate surface area is 106 Å². The highest BCUT2D eigenvalue weighted by atomic mass is 15.4. The number of aryl methyl sites for hydroxylation is 1. The highest BCUT2D eigenvalue weighted by Crippen LogP contribution is 2.23. The molecule has 0 bridgehead atoms. The predicted molar refractivity (Wildman–Crippen MR) is 69.5 cm³/mol. The van der Waals surface area contributed by atoms with Gasteiger partial charge in [0.1, 0.15) is 12.1 Å².